The van der Waals surface area contributed by atoms with Crippen molar-refractivity contribution >= 4 is 7.12 Å². The van der Waals surface area contributed by atoms with Crippen molar-refractivity contribution in [1.29, 1.82) is 0 Å². The van der Waals surface area contributed by atoms with Crippen molar-refractivity contribution in [3.63, 3.8) is 0 Å². The largest absolute Gasteiger partial charge is 0.560 e. The van der Waals surface area contributed by atoms with Crippen LogP contribution in [0.4, 0.5) is 0 Å². The lowest BCUT2D eigenvalue weighted by Gasteiger charge is -2.15. The SMILES string of the molecule is CC(C)C1=CC=C2B(O)OC=CC2=CC1. The lowest BCUT2D eigenvalue weighted by molar-refractivity contribution is 0.377. The molecule has 0 unspecified atom stereocenters. The summed E-state index contributed by atoms with van der Waals surface area (Å²) < 4.78 is 5.04. The van der Waals surface area contributed by atoms with Gasteiger partial charge in [0.1, 0.15) is 0 Å². The quantitative estimate of drug-likeness (QED) is 0.661. The summed E-state index contributed by atoms with van der Waals surface area (Å²) >= 11 is 0. The second kappa shape index (κ2) is 4.11. The lowest BCUT2D eigenvalue weighted by Crippen LogP contribution is -2.22. The van der Waals surface area contributed by atoms with Gasteiger partial charge in [-0.3, -0.25) is 0 Å². The molecule has 3 heteroatoms. The molecule has 0 aromatic rings. The first-order valence-corrected chi connectivity index (χ1v) is 5.29. The molecule has 78 valence electrons. The molecule has 1 N–H and O–H groups in total. The smallest absolute Gasteiger partial charge is 0.538 e. The minimum absolute atomic E-state index is 0.542. The molecule has 0 atom stereocenters. The Labute approximate surface area is 90.8 Å². The Morgan fingerprint density at radius 2 is 2.20 bits per heavy atom. The average Bonchev–Trinajstić information content (AvgIpc) is 2.41. The van der Waals surface area contributed by atoms with Crippen LogP contribution in [0.2, 0.25) is 0 Å². The minimum Gasteiger partial charge on any atom is -0.538 e. The zero-order chi connectivity index (χ0) is 10.8. The number of hydrogen-bond donors (Lipinski definition) is 1. The maximum Gasteiger partial charge on any atom is 0.560 e. The lowest BCUT2D eigenvalue weighted by atomic mass is 9.72. The van der Waals surface area contributed by atoms with Gasteiger partial charge in [0.25, 0.3) is 0 Å². The van der Waals surface area contributed by atoms with Crippen LogP contribution in [-0.4, -0.2) is 12.1 Å². The van der Waals surface area contributed by atoms with E-state index >= 15 is 0 Å². The van der Waals surface area contributed by atoms with Crippen LogP contribution in [0, 0.1) is 5.92 Å². The van der Waals surface area contributed by atoms with E-state index in [1.807, 2.05) is 12.2 Å². The van der Waals surface area contributed by atoms with Gasteiger partial charge < -0.3 is 9.68 Å². The van der Waals surface area contributed by atoms with Gasteiger partial charge in [-0.2, -0.15) is 0 Å². The highest BCUT2D eigenvalue weighted by Gasteiger charge is 2.26. The molecular weight excluding hydrogens is 187 g/mol. The van der Waals surface area contributed by atoms with Gasteiger partial charge in [0.2, 0.25) is 0 Å². The molecule has 0 spiro atoms. The molecule has 2 aliphatic rings. The Morgan fingerprint density at radius 1 is 1.40 bits per heavy atom. The number of fused-ring (bicyclic) bond motifs is 1. The Kier molecular flexibility index (Phi) is 2.82. The Balaban J connectivity index is 2.34. The fraction of sp³-hybridized carbons (Fsp3) is 0.333. The zero-order valence-corrected chi connectivity index (χ0v) is 9.10. The van der Waals surface area contributed by atoms with Crippen molar-refractivity contribution in [1.82, 2.24) is 0 Å². The van der Waals surface area contributed by atoms with Crippen LogP contribution < -0.4 is 0 Å². The highest BCUT2D eigenvalue weighted by atomic mass is 16.5. The molecule has 2 nitrogen and oxygen atoms in total. The predicted octanol–water partition coefficient (Wildman–Crippen LogP) is 2.39. The number of allylic oxidation sites excluding steroid dienone is 7. The second-order valence-corrected chi connectivity index (χ2v) is 4.17. The third-order valence-electron chi connectivity index (χ3n) is 2.83. The van der Waals surface area contributed by atoms with Crippen LogP contribution in [-0.2, 0) is 4.65 Å². The van der Waals surface area contributed by atoms with Gasteiger partial charge in [0.05, 0.1) is 6.26 Å². The summed E-state index contributed by atoms with van der Waals surface area (Å²) in [6.45, 7) is 4.36. The molecular formula is C12H15BO2. The van der Waals surface area contributed by atoms with Crippen LogP contribution in [0.15, 0.2) is 47.2 Å². The van der Waals surface area contributed by atoms with Gasteiger partial charge in [-0.1, -0.05) is 37.6 Å². The Bertz CT molecular complexity index is 375. The summed E-state index contributed by atoms with van der Waals surface area (Å²) in [4.78, 5) is 0. The first-order valence-electron chi connectivity index (χ1n) is 5.29. The highest BCUT2D eigenvalue weighted by molar-refractivity contribution is 6.54. The molecule has 0 saturated carbocycles. The summed E-state index contributed by atoms with van der Waals surface area (Å²) in [5.74, 6) is 0.542. The van der Waals surface area contributed by atoms with E-state index < -0.39 is 7.12 Å². The van der Waals surface area contributed by atoms with Crippen molar-refractivity contribution in [2.75, 3.05) is 0 Å². The molecule has 0 aromatic carbocycles. The standard InChI is InChI=1S/C12H15BO2/c1-9(2)10-3-4-11-7-8-15-13(14)12(11)6-5-10/h4-9,14H,3H2,1-2H3. The number of hydrogen-bond acceptors (Lipinski definition) is 2. The van der Waals surface area contributed by atoms with Gasteiger partial charge in [0.15, 0.2) is 0 Å². The van der Waals surface area contributed by atoms with Crippen LogP contribution in [0.25, 0.3) is 0 Å². The third kappa shape index (κ3) is 2.07. The van der Waals surface area contributed by atoms with Gasteiger partial charge in [0, 0.05) is 5.47 Å². The molecule has 0 saturated heterocycles. The maximum absolute atomic E-state index is 9.64. The maximum atomic E-state index is 9.64. The molecule has 1 aliphatic heterocycles. The molecule has 0 bridgehead atoms. The van der Waals surface area contributed by atoms with Gasteiger partial charge in [-0.05, 0) is 24.0 Å². The monoisotopic (exact) mass is 202 g/mol. The van der Waals surface area contributed by atoms with E-state index in [9.17, 15) is 5.02 Å². The van der Waals surface area contributed by atoms with Crippen LogP contribution in [0.3, 0.4) is 0 Å². The van der Waals surface area contributed by atoms with E-state index in [4.69, 9.17) is 4.65 Å². The summed E-state index contributed by atoms with van der Waals surface area (Å²) in [6.07, 6.45) is 10.6. The second-order valence-electron chi connectivity index (χ2n) is 4.17. The highest BCUT2D eigenvalue weighted by Crippen LogP contribution is 2.26. The normalized spacial score (nSPS) is 20.0. The first kappa shape index (κ1) is 10.3. The summed E-state index contributed by atoms with van der Waals surface area (Å²) in [5, 5.41) is 9.64. The van der Waals surface area contributed by atoms with E-state index in [1.54, 1.807) is 6.26 Å². The average molecular weight is 202 g/mol. The number of rotatable bonds is 1. The van der Waals surface area contributed by atoms with E-state index in [0.717, 1.165) is 17.5 Å². The van der Waals surface area contributed by atoms with Crippen LogP contribution in [0.5, 0.6) is 0 Å². The van der Waals surface area contributed by atoms with Crippen molar-refractivity contribution in [3.05, 3.63) is 47.2 Å². The van der Waals surface area contributed by atoms with Gasteiger partial charge >= 0.3 is 7.12 Å². The van der Waals surface area contributed by atoms with Gasteiger partial charge in [-0.15, -0.1) is 0 Å². The Hall–Kier alpha value is -1.22. The summed E-state index contributed by atoms with van der Waals surface area (Å²) in [6, 6.07) is 0. The fourth-order valence-corrected chi connectivity index (χ4v) is 1.78. The van der Waals surface area contributed by atoms with E-state index in [-0.39, 0.29) is 0 Å². The van der Waals surface area contributed by atoms with Crippen molar-refractivity contribution < 1.29 is 9.68 Å². The van der Waals surface area contributed by atoms with Crippen LogP contribution in [0.1, 0.15) is 20.3 Å². The topological polar surface area (TPSA) is 29.5 Å². The third-order valence-corrected chi connectivity index (χ3v) is 2.83. The minimum atomic E-state index is -0.816. The van der Waals surface area contributed by atoms with E-state index in [0.29, 0.717) is 5.92 Å². The van der Waals surface area contributed by atoms with Gasteiger partial charge in [-0.25, -0.2) is 0 Å². The molecule has 1 aliphatic carbocycles. The molecule has 2 rings (SSSR count). The molecule has 0 fully saturated rings. The fourth-order valence-electron chi connectivity index (χ4n) is 1.78. The molecule has 0 aromatic heterocycles. The molecule has 15 heavy (non-hydrogen) atoms. The van der Waals surface area contributed by atoms with E-state index in [2.05, 4.69) is 26.0 Å². The molecule has 0 radical (unpaired) electrons. The predicted molar refractivity (Wildman–Crippen MR) is 61.9 cm³/mol. The first-order chi connectivity index (χ1) is 7.18. The summed E-state index contributed by atoms with van der Waals surface area (Å²) in [5.41, 5.74) is 3.30. The summed E-state index contributed by atoms with van der Waals surface area (Å²) in [7, 11) is -0.816. The molecule has 0 amide bonds. The van der Waals surface area contributed by atoms with Crippen molar-refractivity contribution in [2.45, 2.75) is 20.3 Å². The molecule has 1 heterocycles. The zero-order valence-electron chi connectivity index (χ0n) is 9.10. The van der Waals surface area contributed by atoms with Crippen molar-refractivity contribution in [2.24, 2.45) is 5.92 Å². The van der Waals surface area contributed by atoms with E-state index in [1.165, 1.54) is 5.57 Å². The van der Waals surface area contributed by atoms with Crippen molar-refractivity contribution in [3.8, 4) is 0 Å². The van der Waals surface area contributed by atoms with Crippen LogP contribution >= 0.6 is 0 Å². The Morgan fingerprint density at radius 3 is 2.93 bits per heavy atom.